The van der Waals surface area contributed by atoms with Gasteiger partial charge in [-0.3, -0.25) is 0 Å². The second kappa shape index (κ2) is 3.68. The van der Waals surface area contributed by atoms with Crippen molar-refractivity contribution in [3.05, 3.63) is 34.5 Å². The van der Waals surface area contributed by atoms with Gasteiger partial charge in [-0.25, -0.2) is 0 Å². The predicted molar refractivity (Wildman–Crippen MR) is 59.1 cm³/mol. The maximum Gasteiger partial charge on any atom is 0.177 e. The lowest BCUT2D eigenvalue weighted by atomic mass is 10.1. The van der Waals surface area contributed by atoms with Crippen molar-refractivity contribution in [2.75, 3.05) is 0 Å². The third kappa shape index (κ3) is 1.43. The van der Waals surface area contributed by atoms with Crippen LogP contribution in [0.25, 0.3) is 10.1 Å². The Labute approximate surface area is 92.9 Å². The molecule has 4 heteroatoms. The summed E-state index contributed by atoms with van der Waals surface area (Å²) in [5.74, 6) is 0. The minimum Gasteiger partial charge on any atom is -0.195 e. The number of thiophene rings is 1. The molecule has 0 N–H and O–H groups in total. The highest BCUT2D eigenvalue weighted by Crippen LogP contribution is 2.31. The molecule has 0 saturated carbocycles. The van der Waals surface area contributed by atoms with Gasteiger partial charge in [-0.2, -0.15) is 9.65 Å². The van der Waals surface area contributed by atoms with Gasteiger partial charge in [-0.15, -0.1) is 11.3 Å². The Hall–Kier alpha value is -0.920. The van der Waals surface area contributed by atoms with Gasteiger partial charge in [0.15, 0.2) is 5.13 Å². The lowest BCUT2D eigenvalue weighted by molar-refractivity contribution is 0.658. The number of hydrogen-bond acceptors (Lipinski definition) is 2. The second-order valence-electron chi connectivity index (χ2n) is 2.81. The Morgan fingerprint density at radius 2 is 2.29 bits per heavy atom. The van der Waals surface area contributed by atoms with Crippen LogP contribution >= 0.6 is 27.3 Å². The van der Waals surface area contributed by atoms with Crippen LogP contribution in [0.15, 0.2) is 18.2 Å². The fraction of sp³-hybridized carbons (Fsp3) is 0.100. The topological polar surface area (TPSA) is 23.8 Å². The molecule has 0 bridgehead atoms. The first-order valence-electron chi connectivity index (χ1n) is 3.93. The Kier molecular flexibility index (Phi) is 2.53. The van der Waals surface area contributed by atoms with Crippen LogP contribution in [-0.2, 0) is 5.33 Å². The lowest BCUT2D eigenvalue weighted by Gasteiger charge is -1.98. The van der Waals surface area contributed by atoms with Gasteiger partial charge in [0, 0.05) is 10.7 Å². The molecule has 1 aromatic heterocycles. The van der Waals surface area contributed by atoms with E-state index in [1.54, 1.807) is 6.07 Å². The van der Waals surface area contributed by atoms with Gasteiger partial charge in [0.2, 0.25) is 0 Å². The molecule has 0 atom stereocenters. The van der Waals surface area contributed by atoms with E-state index in [1.165, 1.54) is 6.07 Å². The van der Waals surface area contributed by atoms with Crippen molar-refractivity contribution in [1.29, 1.82) is 5.26 Å². The minimum atomic E-state index is -0.245. The summed E-state index contributed by atoms with van der Waals surface area (Å²) in [4.78, 5) is 0. The van der Waals surface area contributed by atoms with Gasteiger partial charge in [-0.05, 0) is 17.7 Å². The Balaban J connectivity index is 2.86. The fourth-order valence-electron chi connectivity index (χ4n) is 1.35. The van der Waals surface area contributed by atoms with Gasteiger partial charge in [0.25, 0.3) is 0 Å². The van der Waals surface area contributed by atoms with Crippen molar-refractivity contribution >= 4 is 37.4 Å². The third-order valence-electron chi connectivity index (χ3n) is 2.01. The molecule has 0 aliphatic rings. The summed E-state index contributed by atoms with van der Waals surface area (Å²) < 4.78 is 13.8. The Bertz CT molecular complexity index is 527. The number of alkyl halides is 1. The van der Waals surface area contributed by atoms with Crippen LogP contribution in [0, 0.1) is 16.5 Å². The summed E-state index contributed by atoms with van der Waals surface area (Å²) in [6, 6.07) is 7.13. The summed E-state index contributed by atoms with van der Waals surface area (Å²) >= 11 is 4.36. The van der Waals surface area contributed by atoms with E-state index >= 15 is 0 Å². The zero-order valence-electron chi connectivity index (χ0n) is 7.05. The van der Waals surface area contributed by atoms with Gasteiger partial charge in [0.05, 0.1) is 10.3 Å². The maximum atomic E-state index is 13.0. The number of rotatable bonds is 1. The van der Waals surface area contributed by atoms with E-state index < -0.39 is 0 Å². The highest BCUT2D eigenvalue weighted by atomic mass is 79.9. The SMILES string of the molecule is N#Cc1ccc(CBr)c2cc(F)sc12. The van der Waals surface area contributed by atoms with E-state index in [4.69, 9.17) is 5.26 Å². The smallest absolute Gasteiger partial charge is 0.177 e. The molecule has 0 aliphatic heterocycles. The van der Waals surface area contributed by atoms with Crippen molar-refractivity contribution < 1.29 is 4.39 Å². The van der Waals surface area contributed by atoms with Crippen molar-refractivity contribution in [3.8, 4) is 6.07 Å². The van der Waals surface area contributed by atoms with Crippen molar-refractivity contribution in [2.24, 2.45) is 0 Å². The molecule has 0 unspecified atom stereocenters. The van der Waals surface area contributed by atoms with Crippen molar-refractivity contribution in [3.63, 3.8) is 0 Å². The standard InChI is InChI=1S/C10H5BrFNS/c11-4-6-1-2-7(5-13)10-8(6)3-9(12)14-10/h1-3H,4H2. The van der Waals surface area contributed by atoms with E-state index in [9.17, 15) is 4.39 Å². The maximum absolute atomic E-state index is 13.0. The molecular formula is C10H5BrFNS. The number of benzene rings is 1. The minimum absolute atomic E-state index is 0.245. The van der Waals surface area contributed by atoms with E-state index in [-0.39, 0.29) is 5.13 Å². The van der Waals surface area contributed by atoms with Crippen LogP contribution in [-0.4, -0.2) is 0 Å². The summed E-state index contributed by atoms with van der Waals surface area (Å²) in [5.41, 5.74) is 1.55. The van der Waals surface area contributed by atoms with Gasteiger partial charge < -0.3 is 0 Å². The van der Waals surface area contributed by atoms with Gasteiger partial charge in [0.1, 0.15) is 6.07 Å². The predicted octanol–water partition coefficient (Wildman–Crippen LogP) is 3.81. The van der Waals surface area contributed by atoms with Crippen LogP contribution in [0.3, 0.4) is 0 Å². The first-order valence-corrected chi connectivity index (χ1v) is 5.87. The molecule has 0 radical (unpaired) electrons. The molecule has 70 valence electrons. The fourth-order valence-corrected chi connectivity index (χ4v) is 2.74. The number of fused-ring (bicyclic) bond motifs is 1. The molecule has 1 heterocycles. The number of nitrogens with zero attached hydrogens (tertiary/aromatic N) is 1. The van der Waals surface area contributed by atoms with Crippen LogP contribution in [0.5, 0.6) is 0 Å². The number of hydrogen-bond donors (Lipinski definition) is 0. The molecule has 0 aliphatic carbocycles. The molecule has 0 spiro atoms. The van der Waals surface area contributed by atoms with E-state index in [1.807, 2.05) is 6.07 Å². The van der Waals surface area contributed by atoms with Crippen LogP contribution in [0.2, 0.25) is 0 Å². The lowest BCUT2D eigenvalue weighted by Crippen LogP contribution is -1.81. The third-order valence-corrected chi connectivity index (χ3v) is 3.57. The molecule has 2 aromatic rings. The zero-order chi connectivity index (χ0) is 10.1. The van der Waals surface area contributed by atoms with Gasteiger partial charge >= 0.3 is 0 Å². The Morgan fingerprint density at radius 1 is 1.50 bits per heavy atom. The molecular weight excluding hydrogens is 265 g/mol. The molecule has 0 fully saturated rings. The average Bonchev–Trinajstić information content (AvgIpc) is 2.57. The zero-order valence-corrected chi connectivity index (χ0v) is 9.45. The molecule has 1 aromatic carbocycles. The Morgan fingerprint density at radius 3 is 2.93 bits per heavy atom. The normalized spacial score (nSPS) is 10.4. The summed E-state index contributed by atoms with van der Waals surface area (Å²) in [6.45, 7) is 0. The molecule has 2 rings (SSSR count). The summed E-state index contributed by atoms with van der Waals surface area (Å²) in [5, 5.41) is 10.1. The first kappa shape index (κ1) is 9.63. The molecule has 1 nitrogen and oxygen atoms in total. The first-order chi connectivity index (χ1) is 6.76. The quantitative estimate of drug-likeness (QED) is 0.723. The van der Waals surface area contributed by atoms with Crippen molar-refractivity contribution in [2.45, 2.75) is 5.33 Å². The van der Waals surface area contributed by atoms with Crippen LogP contribution < -0.4 is 0 Å². The largest absolute Gasteiger partial charge is 0.195 e. The highest BCUT2D eigenvalue weighted by molar-refractivity contribution is 9.08. The van der Waals surface area contributed by atoms with Crippen LogP contribution in [0.1, 0.15) is 11.1 Å². The molecule has 14 heavy (non-hydrogen) atoms. The number of nitriles is 1. The molecule has 0 saturated heterocycles. The summed E-state index contributed by atoms with van der Waals surface area (Å²) in [6.07, 6.45) is 0. The van der Waals surface area contributed by atoms with E-state index in [2.05, 4.69) is 22.0 Å². The van der Waals surface area contributed by atoms with E-state index in [0.717, 1.165) is 27.0 Å². The molecule has 0 amide bonds. The second-order valence-corrected chi connectivity index (χ2v) is 4.37. The average molecular weight is 270 g/mol. The summed E-state index contributed by atoms with van der Waals surface area (Å²) in [7, 11) is 0. The number of halogens is 2. The monoisotopic (exact) mass is 269 g/mol. The van der Waals surface area contributed by atoms with Gasteiger partial charge in [-0.1, -0.05) is 22.0 Å². The van der Waals surface area contributed by atoms with E-state index in [0.29, 0.717) is 10.9 Å². The van der Waals surface area contributed by atoms with Crippen LogP contribution in [0.4, 0.5) is 4.39 Å². The van der Waals surface area contributed by atoms with Crippen molar-refractivity contribution in [1.82, 2.24) is 0 Å². The highest BCUT2D eigenvalue weighted by Gasteiger charge is 2.09.